The smallest absolute Gasteiger partial charge is 0.133 e. The van der Waals surface area contributed by atoms with Crippen molar-refractivity contribution in [2.45, 2.75) is 111 Å². The Morgan fingerprint density at radius 3 is 2.48 bits per heavy atom. The Bertz CT molecular complexity index is 550. The Hall–Kier alpha value is -0.330. The van der Waals surface area contributed by atoms with E-state index in [4.69, 9.17) is 0 Å². The SMILES string of the molecule is CC(C)CCCC[C@H]1CC[C@H]2[C@@H]3CC[C@H]4CC(=O)CC[C@]4(C)[C@H]3CC[C@]12C. The summed E-state index contributed by atoms with van der Waals surface area (Å²) in [6, 6.07) is 0. The summed E-state index contributed by atoms with van der Waals surface area (Å²) in [7, 11) is 0. The molecule has 4 rings (SSSR count). The molecular weight excluding hydrogens is 328 g/mol. The quantitative estimate of drug-likeness (QED) is 0.458. The number of hydrogen-bond acceptors (Lipinski definition) is 1. The van der Waals surface area contributed by atoms with Gasteiger partial charge in [-0.05, 0) is 97.7 Å². The van der Waals surface area contributed by atoms with Crippen molar-refractivity contribution in [3.63, 3.8) is 0 Å². The molecule has 0 aromatic rings. The van der Waals surface area contributed by atoms with Gasteiger partial charge < -0.3 is 0 Å². The van der Waals surface area contributed by atoms with Crippen LogP contribution in [-0.2, 0) is 4.79 Å². The summed E-state index contributed by atoms with van der Waals surface area (Å²) < 4.78 is 0. The van der Waals surface area contributed by atoms with Crippen LogP contribution in [0.4, 0.5) is 0 Å². The molecule has 0 bridgehead atoms. The van der Waals surface area contributed by atoms with Gasteiger partial charge in [0.25, 0.3) is 0 Å². The fourth-order valence-electron chi connectivity index (χ4n) is 8.57. The van der Waals surface area contributed by atoms with E-state index in [0.29, 0.717) is 22.5 Å². The van der Waals surface area contributed by atoms with Crippen molar-refractivity contribution in [2.75, 3.05) is 0 Å². The Kier molecular flexibility index (Phi) is 5.54. The topological polar surface area (TPSA) is 17.1 Å². The minimum Gasteiger partial charge on any atom is -0.300 e. The average molecular weight is 373 g/mol. The van der Waals surface area contributed by atoms with Gasteiger partial charge in [0.05, 0.1) is 0 Å². The molecule has 0 N–H and O–H groups in total. The summed E-state index contributed by atoms with van der Waals surface area (Å²) in [5.41, 5.74) is 1.11. The summed E-state index contributed by atoms with van der Waals surface area (Å²) in [6.45, 7) is 10.0. The second-order valence-electron chi connectivity index (χ2n) is 11.9. The lowest BCUT2D eigenvalue weighted by atomic mass is 9.44. The van der Waals surface area contributed by atoms with Gasteiger partial charge in [0.15, 0.2) is 0 Å². The zero-order valence-electron chi connectivity index (χ0n) is 18.6. The first kappa shape index (κ1) is 20.0. The van der Waals surface area contributed by atoms with Crippen LogP contribution in [0.5, 0.6) is 0 Å². The van der Waals surface area contributed by atoms with Crippen LogP contribution in [0.3, 0.4) is 0 Å². The van der Waals surface area contributed by atoms with Gasteiger partial charge in [-0.15, -0.1) is 0 Å². The number of hydrogen-bond donors (Lipinski definition) is 0. The summed E-state index contributed by atoms with van der Waals surface area (Å²) in [5, 5.41) is 0. The molecule has 7 atom stereocenters. The first-order valence-corrected chi connectivity index (χ1v) is 12.4. The molecule has 0 spiro atoms. The Balaban J connectivity index is 1.43. The highest BCUT2D eigenvalue weighted by Crippen LogP contribution is 2.67. The van der Waals surface area contributed by atoms with Gasteiger partial charge in [0.2, 0.25) is 0 Å². The molecule has 0 aliphatic heterocycles. The van der Waals surface area contributed by atoms with Crippen molar-refractivity contribution in [1.82, 2.24) is 0 Å². The first-order chi connectivity index (χ1) is 12.8. The molecule has 4 aliphatic carbocycles. The monoisotopic (exact) mass is 372 g/mol. The number of unbranched alkanes of at least 4 members (excludes halogenated alkanes) is 1. The van der Waals surface area contributed by atoms with Crippen LogP contribution in [0.25, 0.3) is 0 Å². The zero-order chi connectivity index (χ0) is 19.2. The lowest BCUT2D eigenvalue weighted by Crippen LogP contribution is -2.53. The lowest BCUT2D eigenvalue weighted by molar-refractivity contribution is -0.139. The van der Waals surface area contributed by atoms with Gasteiger partial charge in [0.1, 0.15) is 5.78 Å². The second-order valence-corrected chi connectivity index (χ2v) is 11.9. The highest BCUT2D eigenvalue weighted by Gasteiger charge is 2.59. The molecule has 4 saturated carbocycles. The van der Waals surface area contributed by atoms with Crippen LogP contribution < -0.4 is 0 Å². The molecule has 0 amide bonds. The van der Waals surface area contributed by atoms with Crippen LogP contribution >= 0.6 is 0 Å². The van der Waals surface area contributed by atoms with Gasteiger partial charge >= 0.3 is 0 Å². The Morgan fingerprint density at radius 2 is 1.70 bits per heavy atom. The van der Waals surface area contributed by atoms with E-state index in [2.05, 4.69) is 27.7 Å². The molecule has 0 heterocycles. The molecule has 0 aromatic heterocycles. The number of rotatable bonds is 5. The maximum atomic E-state index is 12.1. The number of ketones is 1. The van der Waals surface area contributed by atoms with Crippen molar-refractivity contribution in [3.05, 3.63) is 0 Å². The molecule has 1 nitrogen and oxygen atoms in total. The standard InChI is InChI=1S/C26H44O/c1-18(2)7-5-6-8-19-10-12-23-22-11-9-20-17-21(27)13-15-26(20,4)24(22)14-16-25(19,23)3/h18-20,22-24H,5-17H2,1-4H3/t19-,20-,22-,23-,24-,25+,26-/m0/s1. The minimum atomic E-state index is 0.480. The predicted molar refractivity (Wildman–Crippen MR) is 114 cm³/mol. The summed E-state index contributed by atoms with van der Waals surface area (Å²) in [4.78, 5) is 12.1. The second kappa shape index (κ2) is 7.49. The lowest BCUT2D eigenvalue weighted by Gasteiger charge is -2.60. The van der Waals surface area contributed by atoms with Gasteiger partial charge in [-0.3, -0.25) is 4.79 Å². The van der Waals surface area contributed by atoms with Crippen molar-refractivity contribution in [1.29, 1.82) is 0 Å². The molecule has 0 saturated heterocycles. The maximum Gasteiger partial charge on any atom is 0.133 e. The molecule has 154 valence electrons. The molecule has 0 unspecified atom stereocenters. The van der Waals surface area contributed by atoms with Crippen molar-refractivity contribution < 1.29 is 4.79 Å². The normalized spacial score (nSPS) is 46.9. The van der Waals surface area contributed by atoms with Crippen LogP contribution in [0, 0.1) is 46.3 Å². The van der Waals surface area contributed by atoms with E-state index in [0.717, 1.165) is 42.4 Å². The van der Waals surface area contributed by atoms with Gasteiger partial charge in [-0.2, -0.15) is 0 Å². The van der Waals surface area contributed by atoms with E-state index >= 15 is 0 Å². The van der Waals surface area contributed by atoms with Crippen LogP contribution in [-0.4, -0.2) is 5.78 Å². The number of Topliss-reactive ketones (excluding diaryl/α,β-unsaturated/α-hetero) is 1. The fraction of sp³-hybridized carbons (Fsp3) is 0.962. The van der Waals surface area contributed by atoms with E-state index < -0.39 is 0 Å². The Labute approximate surface area is 168 Å². The van der Waals surface area contributed by atoms with Crippen LogP contribution in [0.15, 0.2) is 0 Å². The molecule has 4 aliphatic rings. The highest BCUT2D eigenvalue weighted by atomic mass is 16.1. The third-order valence-electron chi connectivity index (χ3n) is 10.3. The molecule has 1 heteroatoms. The van der Waals surface area contributed by atoms with Crippen molar-refractivity contribution in [3.8, 4) is 0 Å². The zero-order valence-corrected chi connectivity index (χ0v) is 18.6. The third kappa shape index (κ3) is 3.44. The minimum absolute atomic E-state index is 0.480. The van der Waals surface area contributed by atoms with Crippen LogP contribution in [0.1, 0.15) is 111 Å². The molecular formula is C26H44O. The molecule has 0 radical (unpaired) electrons. The van der Waals surface area contributed by atoms with Crippen molar-refractivity contribution >= 4 is 5.78 Å². The van der Waals surface area contributed by atoms with Gasteiger partial charge in [-0.25, -0.2) is 0 Å². The third-order valence-corrected chi connectivity index (χ3v) is 10.3. The Morgan fingerprint density at radius 1 is 0.926 bits per heavy atom. The van der Waals surface area contributed by atoms with E-state index in [1.807, 2.05) is 0 Å². The summed E-state index contributed by atoms with van der Waals surface area (Å²) >= 11 is 0. The van der Waals surface area contributed by atoms with Gasteiger partial charge in [0, 0.05) is 12.8 Å². The molecule has 0 aromatic carbocycles. The average Bonchev–Trinajstić information content (AvgIpc) is 2.96. The van der Waals surface area contributed by atoms with Crippen molar-refractivity contribution in [2.24, 2.45) is 46.3 Å². The number of carbonyl (C=O) groups is 1. The van der Waals surface area contributed by atoms with Crippen LogP contribution in [0.2, 0.25) is 0 Å². The molecule has 4 fully saturated rings. The summed E-state index contributed by atoms with van der Waals surface area (Å²) in [6.07, 6.45) is 17.5. The predicted octanol–water partition coefficient (Wildman–Crippen LogP) is 7.43. The maximum absolute atomic E-state index is 12.1. The van der Waals surface area contributed by atoms with E-state index in [-0.39, 0.29) is 0 Å². The van der Waals surface area contributed by atoms with E-state index in [1.165, 1.54) is 70.6 Å². The first-order valence-electron chi connectivity index (χ1n) is 12.4. The molecule has 27 heavy (non-hydrogen) atoms. The van der Waals surface area contributed by atoms with E-state index in [9.17, 15) is 4.79 Å². The van der Waals surface area contributed by atoms with Gasteiger partial charge in [-0.1, -0.05) is 47.0 Å². The highest BCUT2D eigenvalue weighted by molar-refractivity contribution is 5.79. The fourth-order valence-corrected chi connectivity index (χ4v) is 8.57. The van der Waals surface area contributed by atoms with E-state index in [1.54, 1.807) is 0 Å². The largest absolute Gasteiger partial charge is 0.300 e. The number of carbonyl (C=O) groups excluding carboxylic acids is 1. The number of fused-ring (bicyclic) bond motifs is 5. The summed E-state index contributed by atoms with van der Waals surface area (Å²) in [5.74, 6) is 6.00.